The number of carbonyl (C=O) groups is 1. The van der Waals surface area contributed by atoms with Crippen LogP contribution in [0.4, 0.5) is 11.4 Å². The van der Waals surface area contributed by atoms with E-state index in [0.29, 0.717) is 12.0 Å². The summed E-state index contributed by atoms with van der Waals surface area (Å²) >= 11 is 0. The number of amides is 1. The highest BCUT2D eigenvalue weighted by atomic mass is 16.1. The largest absolute Gasteiger partial charge is 0.382 e. The Labute approximate surface area is 121 Å². The number of hydrogen-bond acceptors (Lipinski definition) is 3. The van der Waals surface area contributed by atoms with Gasteiger partial charge in [0, 0.05) is 23.3 Å². The number of anilines is 2. The molecule has 1 fully saturated rings. The summed E-state index contributed by atoms with van der Waals surface area (Å²) in [6, 6.07) is 8.39. The van der Waals surface area contributed by atoms with Gasteiger partial charge in [0.25, 0.3) is 0 Å². The molecule has 0 saturated heterocycles. The van der Waals surface area contributed by atoms with Crippen molar-refractivity contribution in [1.82, 2.24) is 0 Å². The van der Waals surface area contributed by atoms with Gasteiger partial charge in [0.05, 0.1) is 0 Å². The standard InChI is InChI=1S/C16H25N3O/c1-11(2)16(20)19-14-8-6-13(7-9-14)18-15-5-3-4-12(15)10-17/h6-9,11-12,15,18H,3-5,10,17H2,1-2H3,(H,19,20). The molecule has 2 rings (SSSR count). The van der Waals surface area contributed by atoms with Crippen molar-refractivity contribution in [3.63, 3.8) is 0 Å². The fraction of sp³-hybridized carbons (Fsp3) is 0.562. The van der Waals surface area contributed by atoms with E-state index in [4.69, 9.17) is 5.73 Å². The molecule has 110 valence electrons. The van der Waals surface area contributed by atoms with E-state index in [9.17, 15) is 4.79 Å². The van der Waals surface area contributed by atoms with Crippen LogP contribution < -0.4 is 16.4 Å². The quantitative estimate of drug-likeness (QED) is 0.774. The molecule has 4 nitrogen and oxygen atoms in total. The number of nitrogens with two attached hydrogens (primary N) is 1. The van der Waals surface area contributed by atoms with Gasteiger partial charge in [0.2, 0.25) is 5.91 Å². The van der Waals surface area contributed by atoms with E-state index in [1.807, 2.05) is 38.1 Å². The minimum atomic E-state index is -0.00315. The van der Waals surface area contributed by atoms with Crippen molar-refractivity contribution in [3.05, 3.63) is 24.3 Å². The Morgan fingerprint density at radius 1 is 1.25 bits per heavy atom. The lowest BCUT2D eigenvalue weighted by molar-refractivity contribution is -0.118. The average molecular weight is 275 g/mol. The first kappa shape index (κ1) is 14.9. The van der Waals surface area contributed by atoms with Crippen molar-refractivity contribution < 1.29 is 4.79 Å². The predicted octanol–water partition coefficient (Wildman–Crippen LogP) is 2.82. The van der Waals surface area contributed by atoms with Gasteiger partial charge in [-0.1, -0.05) is 20.3 Å². The van der Waals surface area contributed by atoms with E-state index in [-0.39, 0.29) is 11.8 Å². The molecule has 0 radical (unpaired) electrons. The van der Waals surface area contributed by atoms with Crippen LogP contribution in [0, 0.1) is 11.8 Å². The number of rotatable bonds is 5. The lowest BCUT2D eigenvalue weighted by Crippen LogP contribution is -2.29. The third-order valence-corrected chi connectivity index (χ3v) is 3.99. The summed E-state index contributed by atoms with van der Waals surface area (Å²) in [6.45, 7) is 4.52. The maximum Gasteiger partial charge on any atom is 0.226 e. The third kappa shape index (κ3) is 3.73. The van der Waals surface area contributed by atoms with E-state index < -0.39 is 0 Å². The summed E-state index contributed by atoms with van der Waals surface area (Å²) in [5, 5.41) is 6.45. The predicted molar refractivity (Wildman–Crippen MR) is 83.7 cm³/mol. The Balaban J connectivity index is 1.93. The number of benzene rings is 1. The lowest BCUT2D eigenvalue weighted by atomic mass is 10.0. The molecule has 4 heteroatoms. The molecule has 1 amide bonds. The second-order valence-electron chi connectivity index (χ2n) is 5.90. The Bertz CT molecular complexity index is 442. The Hall–Kier alpha value is -1.55. The molecule has 0 spiro atoms. The van der Waals surface area contributed by atoms with Crippen LogP contribution in [0.3, 0.4) is 0 Å². The molecule has 1 aromatic carbocycles. The van der Waals surface area contributed by atoms with Crippen molar-refractivity contribution in [2.75, 3.05) is 17.2 Å². The number of hydrogen-bond donors (Lipinski definition) is 3. The first-order valence-corrected chi connectivity index (χ1v) is 7.47. The van der Waals surface area contributed by atoms with Crippen molar-refractivity contribution >= 4 is 17.3 Å². The van der Waals surface area contributed by atoms with Gasteiger partial charge in [-0.2, -0.15) is 0 Å². The topological polar surface area (TPSA) is 67.2 Å². The zero-order chi connectivity index (χ0) is 14.5. The van der Waals surface area contributed by atoms with E-state index in [2.05, 4.69) is 10.6 Å². The molecular formula is C16H25N3O. The van der Waals surface area contributed by atoms with Gasteiger partial charge in [0.1, 0.15) is 0 Å². The van der Waals surface area contributed by atoms with Crippen LogP contribution in [0.1, 0.15) is 33.1 Å². The summed E-state index contributed by atoms with van der Waals surface area (Å²) in [7, 11) is 0. The molecule has 0 bridgehead atoms. The normalized spacial score (nSPS) is 22.0. The fourth-order valence-corrected chi connectivity index (χ4v) is 2.66. The minimum Gasteiger partial charge on any atom is -0.382 e. The highest BCUT2D eigenvalue weighted by molar-refractivity contribution is 5.92. The van der Waals surface area contributed by atoms with Gasteiger partial charge >= 0.3 is 0 Å². The SMILES string of the molecule is CC(C)C(=O)Nc1ccc(NC2CCCC2CN)cc1. The molecule has 20 heavy (non-hydrogen) atoms. The van der Waals surface area contributed by atoms with Gasteiger partial charge in [-0.3, -0.25) is 4.79 Å². The third-order valence-electron chi connectivity index (χ3n) is 3.99. The lowest BCUT2D eigenvalue weighted by Gasteiger charge is -2.21. The molecule has 2 unspecified atom stereocenters. The van der Waals surface area contributed by atoms with Crippen LogP contribution in [0.5, 0.6) is 0 Å². The first-order valence-electron chi connectivity index (χ1n) is 7.47. The summed E-state index contributed by atoms with van der Waals surface area (Å²) in [6.07, 6.45) is 3.66. The zero-order valence-corrected chi connectivity index (χ0v) is 12.4. The van der Waals surface area contributed by atoms with Gasteiger partial charge < -0.3 is 16.4 Å². The van der Waals surface area contributed by atoms with Crippen molar-refractivity contribution in [2.24, 2.45) is 17.6 Å². The van der Waals surface area contributed by atoms with E-state index in [1.54, 1.807) is 0 Å². The van der Waals surface area contributed by atoms with Crippen molar-refractivity contribution in [3.8, 4) is 0 Å². The Morgan fingerprint density at radius 3 is 2.50 bits per heavy atom. The van der Waals surface area contributed by atoms with Gasteiger partial charge in [-0.15, -0.1) is 0 Å². The molecule has 0 aliphatic heterocycles. The van der Waals surface area contributed by atoms with Crippen LogP contribution in [0.25, 0.3) is 0 Å². The van der Waals surface area contributed by atoms with Crippen LogP contribution in [-0.2, 0) is 4.79 Å². The monoisotopic (exact) mass is 275 g/mol. The minimum absolute atomic E-state index is 0.00315. The number of nitrogens with one attached hydrogen (secondary N) is 2. The van der Waals surface area contributed by atoms with Crippen LogP contribution in [-0.4, -0.2) is 18.5 Å². The van der Waals surface area contributed by atoms with Crippen LogP contribution in [0.2, 0.25) is 0 Å². The molecule has 1 aliphatic carbocycles. The molecule has 1 aliphatic rings. The smallest absolute Gasteiger partial charge is 0.226 e. The summed E-state index contributed by atoms with van der Waals surface area (Å²) in [5.74, 6) is 0.622. The van der Waals surface area contributed by atoms with Gasteiger partial charge in [-0.05, 0) is 49.6 Å². The van der Waals surface area contributed by atoms with Crippen molar-refractivity contribution in [1.29, 1.82) is 0 Å². The molecule has 0 aromatic heterocycles. The van der Waals surface area contributed by atoms with Gasteiger partial charge in [0.15, 0.2) is 0 Å². The van der Waals surface area contributed by atoms with Crippen LogP contribution >= 0.6 is 0 Å². The number of carbonyl (C=O) groups excluding carboxylic acids is 1. The molecular weight excluding hydrogens is 250 g/mol. The molecule has 1 saturated carbocycles. The summed E-state index contributed by atoms with van der Waals surface area (Å²) in [5.41, 5.74) is 7.74. The van der Waals surface area contributed by atoms with Gasteiger partial charge in [-0.25, -0.2) is 0 Å². The van der Waals surface area contributed by atoms with E-state index in [1.165, 1.54) is 19.3 Å². The molecule has 0 heterocycles. The molecule has 1 aromatic rings. The maximum atomic E-state index is 11.6. The molecule has 2 atom stereocenters. The maximum absolute atomic E-state index is 11.6. The Morgan fingerprint density at radius 2 is 1.90 bits per heavy atom. The Kier molecular flexibility index (Phi) is 5.01. The highest BCUT2D eigenvalue weighted by Gasteiger charge is 2.25. The molecule has 4 N–H and O–H groups in total. The second-order valence-corrected chi connectivity index (χ2v) is 5.90. The van der Waals surface area contributed by atoms with Crippen molar-refractivity contribution in [2.45, 2.75) is 39.2 Å². The highest BCUT2D eigenvalue weighted by Crippen LogP contribution is 2.28. The summed E-state index contributed by atoms with van der Waals surface area (Å²) in [4.78, 5) is 11.6. The van der Waals surface area contributed by atoms with Crippen LogP contribution in [0.15, 0.2) is 24.3 Å². The zero-order valence-electron chi connectivity index (χ0n) is 12.4. The fourth-order valence-electron chi connectivity index (χ4n) is 2.66. The second kappa shape index (κ2) is 6.75. The first-order chi connectivity index (χ1) is 9.60. The summed E-state index contributed by atoms with van der Waals surface area (Å²) < 4.78 is 0. The average Bonchev–Trinajstić information content (AvgIpc) is 2.88. The van der Waals surface area contributed by atoms with E-state index in [0.717, 1.165) is 17.9 Å². The van der Waals surface area contributed by atoms with E-state index >= 15 is 0 Å².